The first-order chi connectivity index (χ1) is 16.7. The maximum absolute atomic E-state index is 12.1. The molecule has 0 amide bonds. The quantitative estimate of drug-likeness (QED) is 0.322. The van der Waals surface area contributed by atoms with Gasteiger partial charge in [-0.15, -0.1) is 0 Å². The lowest BCUT2D eigenvalue weighted by Gasteiger charge is -2.50. The molecule has 0 aliphatic heterocycles. The van der Waals surface area contributed by atoms with E-state index in [2.05, 4.69) is 12.9 Å². The minimum atomic E-state index is -4.64. The van der Waals surface area contributed by atoms with Gasteiger partial charge >= 0.3 is 31.2 Å². The lowest BCUT2D eigenvalue weighted by molar-refractivity contribution is -0.0360. The van der Waals surface area contributed by atoms with Gasteiger partial charge in [0.05, 0.1) is 0 Å². The van der Waals surface area contributed by atoms with Crippen LogP contribution in [0.5, 0.6) is 5.75 Å². The smallest absolute Gasteiger partial charge is 0.361 e. The molecule has 0 aromatic heterocycles. The van der Waals surface area contributed by atoms with Crippen LogP contribution in [0.4, 0.5) is 0 Å². The lowest BCUT2D eigenvalue weighted by atomic mass is 9.55. The molecule has 0 spiro atoms. The van der Waals surface area contributed by atoms with Crippen molar-refractivity contribution < 1.29 is 50.7 Å². The molecule has 2 fully saturated rings. The summed E-state index contributed by atoms with van der Waals surface area (Å²) in [5, 5.41) is 0. The molecular weight excluding hydrogens is 546 g/mol. The molecule has 6 atom stereocenters. The van der Waals surface area contributed by atoms with Crippen LogP contribution in [-0.4, -0.2) is 37.5 Å². The van der Waals surface area contributed by atoms with Gasteiger partial charge in [-0.3, -0.25) is 0 Å². The van der Waals surface area contributed by atoms with Gasteiger partial charge in [-0.1, -0.05) is 13.0 Å². The number of hydrogen-bond acceptors (Lipinski definition) is 15. The first-order valence-electron chi connectivity index (χ1n) is 10.8. The van der Waals surface area contributed by atoms with Crippen molar-refractivity contribution in [2.75, 3.05) is 0 Å². The molecular formula is C18H27N3O12S3. The highest BCUT2D eigenvalue weighted by molar-refractivity contribution is 7.82. The molecule has 0 saturated heterocycles. The van der Waals surface area contributed by atoms with Crippen LogP contribution >= 0.6 is 0 Å². The number of hydrogen-bond donors (Lipinski definition) is 3. The summed E-state index contributed by atoms with van der Waals surface area (Å²) in [6.45, 7) is 1.81. The summed E-state index contributed by atoms with van der Waals surface area (Å²) >= 11 is 0. The van der Waals surface area contributed by atoms with Gasteiger partial charge in [-0.05, 0) is 73.1 Å². The third-order valence-electron chi connectivity index (χ3n) is 7.62. The molecule has 6 N–H and O–H groups in total. The normalized spacial score (nSPS) is 32.4. The lowest BCUT2D eigenvalue weighted by Crippen LogP contribution is -2.47. The third-order valence-corrected chi connectivity index (χ3v) is 9.65. The Kier molecular flexibility index (Phi) is 7.43. The largest absolute Gasteiger partial charge is 0.465 e. The Morgan fingerprint density at radius 2 is 1.53 bits per heavy atom. The maximum Gasteiger partial charge on any atom is 0.465 e. The fourth-order valence-corrected chi connectivity index (χ4v) is 7.83. The van der Waals surface area contributed by atoms with Crippen LogP contribution in [0.3, 0.4) is 0 Å². The molecule has 3 aliphatic rings. The summed E-state index contributed by atoms with van der Waals surface area (Å²) in [5.74, 6) is 14.3. The molecule has 1 aromatic rings. The Hall–Kier alpha value is -1.45. The SMILES string of the molecule is C[C@]12CC[C@@H]3c4ccc(OS(=O)(=O)ON)cc4CC[C@H]3[C@@H]1C[C@@H](OS(=O)(=O)ON)[C@@H]2OS(=O)(=O)ON. The zero-order valence-electron chi connectivity index (χ0n) is 19.0. The summed E-state index contributed by atoms with van der Waals surface area (Å²) in [5.41, 5.74) is 1.07. The summed E-state index contributed by atoms with van der Waals surface area (Å²) in [6.07, 6.45) is -0.0216. The minimum Gasteiger partial charge on any atom is -0.361 e. The molecule has 204 valence electrons. The van der Waals surface area contributed by atoms with Crippen molar-refractivity contribution in [3.8, 4) is 5.75 Å². The fraction of sp³-hybridized carbons (Fsp3) is 0.667. The van der Waals surface area contributed by atoms with Crippen molar-refractivity contribution in [1.29, 1.82) is 0 Å². The van der Waals surface area contributed by atoms with Gasteiger partial charge in [0.25, 0.3) is 0 Å². The molecule has 4 rings (SSSR count). The molecule has 18 heteroatoms. The van der Waals surface area contributed by atoms with Crippen LogP contribution in [0.1, 0.15) is 49.7 Å². The molecule has 0 unspecified atom stereocenters. The first-order valence-corrected chi connectivity index (χ1v) is 14.8. The molecule has 2 saturated carbocycles. The van der Waals surface area contributed by atoms with Crippen molar-refractivity contribution in [3.05, 3.63) is 29.3 Å². The van der Waals surface area contributed by atoms with Gasteiger partial charge in [0, 0.05) is 5.41 Å². The summed E-state index contributed by atoms with van der Waals surface area (Å²) < 4.78 is 97.8. The van der Waals surface area contributed by atoms with Crippen molar-refractivity contribution in [2.45, 2.75) is 57.2 Å². The summed E-state index contributed by atoms with van der Waals surface area (Å²) in [4.78, 5) is 0. The van der Waals surface area contributed by atoms with Gasteiger partial charge < -0.3 is 4.18 Å². The van der Waals surface area contributed by atoms with Crippen molar-refractivity contribution in [1.82, 2.24) is 0 Å². The predicted molar refractivity (Wildman–Crippen MR) is 119 cm³/mol. The number of nitrogens with two attached hydrogens (primary N) is 3. The maximum atomic E-state index is 12.1. The van der Waals surface area contributed by atoms with E-state index in [9.17, 15) is 25.3 Å². The van der Waals surface area contributed by atoms with Crippen molar-refractivity contribution in [2.24, 2.45) is 34.9 Å². The van der Waals surface area contributed by atoms with E-state index in [0.717, 1.165) is 11.1 Å². The van der Waals surface area contributed by atoms with Crippen molar-refractivity contribution in [3.63, 3.8) is 0 Å². The first kappa shape index (κ1) is 27.6. The zero-order chi connectivity index (χ0) is 26.5. The van der Waals surface area contributed by atoms with E-state index < -0.39 is 48.8 Å². The topological polar surface area (TPSA) is 236 Å². The number of benzene rings is 1. The summed E-state index contributed by atoms with van der Waals surface area (Å²) in [6, 6.07) is 4.87. The van der Waals surface area contributed by atoms with Gasteiger partial charge in [-0.25, -0.2) is 8.37 Å². The molecule has 0 radical (unpaired) electrons. The Bertz CT molecular complexity index is 1320. The average Bonchev–Trinajstić information content (AvgIpc) is 3.09. The zero-order valence-corrected chi connectivity index (χ0v) is 21.5. The summed E-state index contributed by atoms with van der Waals surface area (Å²) in [7, 11) is -13.6. The second kappa shape index (κ2) is 9.70. The van der Waals surface area contributed by atoms with Crippen LogP contribution < -0.4 is 21.9 Å². The van der Waals surface area contributed by atoms with E-state index in [1.165, 1.54) is 6.07 Å². The Morgan fingerprint density at radius 3 is 2.17 bits per heavy atom. The van der Waals surface area contributed by atoms with Crippen LogP contribution in [0.2, 0.25) is 0 Å². The Morgan fingerprint density at radius 1 is 0.889 bits per heavy atom. The highest BCUT2D eigenvalue weighted by atomic mass is 32.3. The number of aryl methyl sites for hydroxylation is 1. The van der Waals surface area contributed by atoms with Gasteiger partial charge in [0.2, 0.25) is 0 Å². The van der Waals surface area contributed by atoms with E-state index in [0.29, 0.717) is 25.7 Å². The minimum absolute atomic E-state index is 0.0156. The van der Waals surface area contributed by atoms with E-state index in [1.54, 1.807) is 12.1 Å². The second-order valence-corrected chi connectivity index (χ2v) is 12.9. The third kappa shape index (κ3) is 5.25. The Balaban J connectivity index is 1.65. The van der Waals surface area contributed by atoms with Crippen LogP contribution in [0.15, 0.2) is 18.2 Å². The monoisotopic (exact) mass is 573 g/mol. The molecule has 15 nitrogen and oxygen atoms in total. The van der Waals surface area contributed by atoms with Crippen molar-refractivity contribution >= 4 is 31.2 Å². The fourth-order valence-electron chi connectivity index (χ4n) is 6.28. The highest BCUT2D eigenvalue weighted by Crippen LogP contribution is 2.62. The van der Waals surface area contributed by atoms with Gasteiger partial charge in [0.1, 0.15) is 18.0 Å². The van der Waals surface area contributed by atoms with E-state index in [-0.39, 0.29) is 29.9 Å². The van der Waals surface area contributed by atoms with Crippen LogP contribution in [0.25, 0.3) is 0 Å². The highest BCUT2D eigenvalue weighted by Gasteiger charge is 2.61. The number of fused-ring (bicyclic) bond motifs is 5. The van der Waals surface area contributed by atoms with Gasteiger partial charge in [-0.2, -0.15) is 55.8 Å². The standard InChI is InChI=1S/C18H27N3O12S3/c1-18-7-6-13-12-5-3-11(28-34(22,23)31-19)8-10(12)2-4-14(13)15(18)9-16(29-35(24,25)32-20)17(18)30-36(26,27)33-21/h3,5,8,13-17H,2,4,6-7,9,19-21H2,1H3/t13-,14-,15+,16-,17+,18+/m1/s1. The molecule has 1 aromatic carbocycles. The predicted octanol–water partition coefficient (Wildman–Crippen LogP) is -0.293. The van der Waals surface area contributed by atoms with E-state index in [4.69, 9.17) is 30.2 Å². The molecule has 3 aliphatic carbocycles. The molecule has 36 heavy (non-hydrogen) atoms. The van der Waals surface area contributed by atoms with E-state index in [1.807, 2.05) is 6.92 Å². The number of rotatable bonds is 9. The molecule has 0 bridgehead atoms. The van der Waals surface area contributed by atoms with Gasteiger partial charge in [0.15, 0.2) is 0 Å². The average molecular weight is 574 g/mol. The van der Waals surface area contributed by atoms with E-state index >= 15 is 0 Å². The molecule has 0 heterocycles. The van der Waals surface area contributed by atoms with Crippen LogP contribution in [-0.2, 0) is 58.8 Å². The Labute approximate surface area is 208 Å². The van der Waals surface area contributed by atoms with Crippen LogP contribution in [0, 0.1) is 17.3 Å². The second-order valence-electron chi connectivity index (χ2n) is 9.30.